The van der Waals surface area contributed by atoms with E-state index in [1.807, 2.05) is 0 Å². The molecule has 0 saturated heterocycles. The molecule has 1 aromatic rings. The Bertz CT molecular complexity index is 667. The van der Waals surface area contributed by atoms with Gasteiger partial charge in [0, 0.05) is 25.7 Å². The number of anilines is 1. The lowest BCUT2D eigenvalue weighted by molar-refractivity contribution is -0.114. The number of sulfonamides is 1. The zero-order valence-corrected chi connectivity index (χ0v) is 14.6. The number of rotatable bonds is 5. The fourth-order valence-electron chi connectivity index (χ4n) is 2.96. The predicted molar refractivity (Wildman–Crippen MR) is 89.1 cm³/mol. The van der Waals surface area contributed by atoms with Crippen LogP contribution in [-0.4, -0.2) is 38.8 Å². The first-order valence-electron chi connectivity index (χ1n) is 7.80. The van der Waals surface area contributed by atoms with Crippen LogP contribution in [0.1, 0.15) is 39.0 Å². The van der Waals surface area contributed by atoms with Gasteiger partial charge in [0.2, 0.25) is 15.9 Å². The molecule has 0 unspecified atom stereocenters. The first-order chi connectivity index (χ1) is 10.9. The van der Waals surface area contributed by atoms with E-state index in [9.17, 15) is 13.2 Å². The Labute approximate surface area is 137 Å². The molecule has 1 N–H and O–H groups in total. The summed E-state index contributed by atoms with van der Waals surface area (Å²) in [6.07, 6.45) is 5.01. The van der Waals surface area contributed by atoms with Gasteiger partial charge in [-0.15, -0.1) is 0 Å². The maximum absolute atomic E-state index is 13.0. The predicted octanol–water partition coefficient (Wildman–Crippen LogP) is 2.61. The van der Waals surface area contributed by atoms with Crippen molar-refractivity contribution in [2.45, 2.75) is 50.0 Å². The third-order valence-corrected chi connectivity index (χ3v) is 6.16. The Kier molecular flexibility index (Phi) is 5.64. The number of nitrogens with one attached hydrogen (secondary N) is 1. The highest BCUT2D eigenvalue weighted by atomic mass is 32.2. The standard InChI is InChI=1S/C16H24N2O4S/c1-12(19)17-13-9-10-15(22-3)16(11-13)23(20,21)18(2)14-7-5-4-6-8-14/h9-11,14H,4-8H2,1-3H3,(H,17,19). The van der Waals surface area contributed by atoms with E-state index < -0.39 is 10.0 Å². The second-order valence-electron chi connectivity index (χ2n) is 5.86. The number of amides is 1. The van der Waals surface area contributed by atoms with E-state index in [2.05, 4.69) is 5.32 Å². The molecule has 1 amide bonds. The number of ether oxygens (including phenoxy) is 1. The van der Waals surface area contributed by atoms with Crippen molar-refractivity contribution in [3.05, 3.63) is 18.2 Å². The molecule has 7 heteroatoms. The van der Waals surface area contributed by atoms with Crippen LogP contribution >= 0.6 is 0 Å². The number of hydrogen-bond donors (Lipinski definition) is 1. The molecular weight excluding hydrogens is 316 g/mol. The van der Waals surface area contributed by atoms with Crippen LogP contribution in [0, 0.1) is 0 Å². The second-order valence-corrected chi connectivity index (χ2v) is 7.83. The lowest BCUT2D eigenvalue weighted by Crippen LogP contribution is -2.38. The SMILES string of the molecule is COc1ccc(NC(C)=O)cc1S(=O)(=O)N(C)C1CCCCC1. The quantitative estimate of drug-likeness (QED) is 0.894. The summed E-state index contributed by atoms with van der Waals surface area (Å²) in [7, 11) is -0.624. The van der Waals surface area contributed by atoms with Gasteiger partial charge in [0.15, 0.2) is 0 Å². The first-order valence-corrected chi connectivity index (χ1v) is 9.24. The fourth-order valence-corrected chi connectivity index (χ4v) is 4.55. The van der Waals surface area contributed by atoms with Gasteiger partial charge in [-0.3, -0.25) is 4.79 Å². The van der Waals surface area contributed by atoms with Gasteiger partial charge in [0.1, 0.15) is 10.6 Å². The zero-order chi connectivity index (χ0) is 17.0. The van der Waals surface area contributed by atoms with Crippen molar-refractivity contribution in [3.8, 4) is 5.75 Å². The molecule has 1 aromatic carbocycles. The van der Waals surface area contributed by atoms with E-state index in [-0.39, 0.29) is 22.6 Å². The number of carbonyl (C=O) groups is 1. The second kappa shape index (κ2) is 7.31. The van der Waals surface area contributed by atoms with Crippen molar-refractivity contribution < 1.29 is 17.9 Å². The molecule has 0 aliphatic heterocycles. The molecule has 128 valence electrons. The van der Waals surface area contributed by atoms with Crippen LogP contribution in [0.5, 0.6) is 5.75 Å². The first kappa shape index (κ1) is 17.7. The van der Waals surface area contributed by atoms with Gasteiger partial charge in [-0.25, -0.2) is 8.42 Å². The lowest BCUT2D eigenvalue weighted by atomic mass is 9.96. The summed E-state index contributed by atoms with van der Waals surface area (Å²) in [6, 6.07) is 4.66. The topological polar surface area (TPSA) is 75.7 Å². The highest BCUT2D eigenvalue weighted by Crippen LogP contribution is 2.32. The highest BCUT2D eigenvalue weighted by molar-refractivity contribution is 7.89. The molecule has 0 aromatic heterocycles. The molecule has 0 spiro atoms. The maximum atomic E-state index is 13.0. The fraction of sp³-hybridized carbons (Fsp3) is 0.562. The van der Waals surface area contributed by atoms with Crippen LogP contribution in [0.25, 0.3) is 0 Å². The van der Waals surface area contributed by atoms with Crippen LogP contribution in [0.4, 0.5) is 5.69 Å². The van der Waals surface area contributed by atoms with Crippen LogP contribution < -0.4 is 10.1 Å². The molecule has 2 rings (SSSR count). The monoisotopic (exact) mass is 340 g/mol. The minimum Gasteiger partial charge on any atom is -0.495 e. The summed E-state index contributed by atoms with van der Waals surface area (Å²) in [5, 5.41) is 2.61. The van der Waals surface area contributed by atoms with Gasteiger partial charge < -0.3 is 10.1 Å². The summed E-state index contributed by atoms with van der Waals surface area (Å²) in [5.41, 5.74) is 0.439. The molecule has 1 fully saturated rings. The van der Waals surface area contributed by atoms with Gasteiger partial charge in [-0.05, 0) is 31.0 Å². The summed E-state index contributed by atoms with van der Waals surface area (Å²) in [6.45, 7) is 1.38. The minimum atomic E-state index is -3.68. The van der Waals surface area contributed by atoms with E-state index in [1.165, 1.54) is 24.4 Å². The van der Waals surface area contributed by atoms with Crippen LogP contribution in [0.2, 0.25) is 0 Å². The van der Waals surface area contributed by atoms with E-state index in [0.717, 1.165) is 32.1 Å². The van der Waals surface area contributed by atoms with Gasteiger partial charge in [-0.1, -0.05) is 19.3 Å². The summed E-state index contributed by atoms with van der Waals surface area (Å²) >= 11 is 0. The summed E-state index contributed by atoms with van der Waals surface area (Å²) < 4.78 is 32.6. The van der Waals surface area contributed by atoms with Crippen molar-refractivity contribution in [2.75, 3.05) is 19.5 Å². The molecule has 0 bridgehead atoms. The molecule has 23 heavy (non-hydrogen) atoms. The number of benzene rings is 1. The van der Waals surface area contributed by atoms with E-state index >= 15 is 0 Å². The van der Waals surface area contributed by atoms with E-state index in [4.69, 9.17) is 4.74 Å². The number of carbonyl (C=O) groups excluding carboxylic acids is 1. The largest absolute Gasteiger partial charge is 0.495 e. The Balaban J connectivity index is 2.38. The highest BCUT2D eigenvalue weighted by Gasteiger charge is 2.31. The number of methoxy groups -OCH3 is 1. The lowest BCUT2D eigenvalue weighted by Gasteiger charge is -2.30. The molecule has 0 atom stereocenters. The molecule has 0 radical (unpaired) electrons. The number of hydrogen-bond acceptors (Lipinski definition) is 4. The number of nitrogens with zero attached hydrogens (tertiary/aromatic N) is 1. The third kappa shape index (κ3) is 4.03. The Hall–Kier alpha value is -1.60. The Morgan fingerprint density at radius 2 is 1.91 bits per heavy atom. The third-order valence-electron chi connectivity index (χ3n) is 4.23. The molecule has 1 aliphatic rings. The van der Waals surface area contributed by atoms with Gasteiger partial charge >= 0.3 is 0 Å². The van der Waals surface area contributed by atoms with Gasteiger partial charge in [-0.2, -0.15) is 4.31 Å². The van der Waals surface area contributed by atoms with Crippen molar-refractivity contribution in [2.24, 2.45) is 0 Å². The van der Waals surface area contributed by atoms with Crippen molar-refractivity contribution in [1.82, 2.24) is 4.31 Å². The molecular formula is C16H24N2O4S. The normalized spacial score (nSPS) is 16.3. The molecule has 0 heterocycles. The van der Waals surface area contributed by atoms with Gasteiger partial charge in [0.25, 0.3) is 0 Å². The minimum absolute atomic E-state index is 0.0166. The summed E-state index contributed by atoms with van der Waals surface area (Å²) in [5.74, 6) is 0.0286. The van der Waals surface area contributed by atoms with Crippen LogP contribution in [0.3, 0.4) is 0 Å². The van der Waals surface area contributed by atoms with Crippen molar-refractivity contribution in [1.29, 1.82) is 0 Å². The van der Waals surface area contributed by atoms with E-state index in [1.54, 1.807) is 19.2 Å². The smallest absolute Gasteiger partial charge is 0.246 e. The van der Waals surface area contributed by atoms with Crippen molar-refractivity contribution in [3.63, 3.8) is 0 Å². The Morgan fingerprint density at radius 3 is 2.48 bits per heavy atom. The average molecular weight is 340 g/mol. The van der Waals surface area contributed by atoms with Crippen molar-refractivity contribution >= 4 is 21.6 Å². The van der Waals surface area contributed by atoms with Crippen LogP contribution in [-0.2, 0) is 14.8 Å². The molecule has 6 nitrogen and oxygen atoms in total. The van der Waals surface area contributed by atoms with Gasteiger partial charge in [0.05, 0.1) is 7.11 Å². The van der Waals surface area contributed by atoms with E-state index in [0.29, 0.717) is 5.69 Å². The maximum Gasteiger partial charge on any atom is 0.246 e. The summed E-state index contributed by atoms with van der Waals surface area (Å²) in [4.78, 5) is 11.3. The molecule has 1 aliphatic carbocycles. The Morgan fingerprint density at radius 1 is 1.26 bits per heavy atom. The van der Waals surface area contributed by atoms with Crippen LogP contribution in [0.15, 0.2) is 23.1 Å². The zero-order valence-electron chi connectivity index (χ0n) is 13.8. The molecule has 1 saturated carbocycles. The average Bonchev–Trinajstić information content (AvgIpc) is 2.54.